The van der Waals surface area contributed by atoms with Crippen LogP contribution in [-0.4, -0.2) is 37.1 Å². The Morgan fingerprint density at radius 3 is 2.41 bits per heavy atom. The lowest BCUT2D eigenvalue weighted by Gasteiger charge is -2.39. The van der Waals surface area contributed by atoms with Gasteiger partial charge in [-0.1, -0.05) is 19.3 Å². The van der Waals surface area contributed by atoms with Gasteiger partial charge in [0.2, 0.25) is 0 Å². The van der Waals surface area contributed by atoms with E-state index in [0.29, 0.717) is 12.0 Å². The molecular weight excluding hydrogens is 216 g/mol. The van der Waals surface area contributed by atoms with E-state index in [1.807, 2.05) is 0 Å². The predicted molar refractivity (Wildman–Crippen MR) is 65.0 cm³/mol. The molecule has 0 aromatic carbocycles. The van der Waals surface area contributed by atoms with Gasteiger partial charge < -0.3 is 14.2 Å². The summed E-state index contributed by atoms with van der Waals surface area (Å²) in [4.78, 5) is 0. The van der Waals surface area contributed by atoms with E-state index in [9.17, 15) is 0 Å². The standard InChI is InChI=1S/C14H24O3/c1-13(2,16-9-12-8-15-12)14(10-17-14)11-6-4-3-5-7-11/h11-12H,3-10H2,1-2H3. The van der Waals surface area contributed by atoms with Crippen molar-refractivity contribution in [3.63, 3.8) is 0 Å². The Balaban J connectivity index is 1.62. The maximum Gasteiger partial charge on any atom is 0.123 e. The summed E-state index contributed by atoms with van der Waals surface area (Å²) in [5, 5.41) is 0. The van der Waals surface area contributed by atoms with Crippen molar-refractivity contribution in [2.24, 2.45) is 5.92 Å². The maximum absolute atomic E-state index is 6.08. The molecule has 3 rings (SSSR count). The van der Waals surface area contributed by atoms with Crippen LogP contribution >= 0.6 is 0 Å². The third-order valence-corrected chi connectivity index (χ3v) is 4.77. The fourth-order valence-electron chi connectivity index (χ4n) is 3.31. The zero-order valence-electron chi connectivity index (χ0n) is 11.0. The molecule has 0 radical (unpaired) electrons. The fraction of sp³-hybridized carbons (Fsp3) is 1.00. The molecule has 0 amide bonds. The van der Waals surface area contributed by atoms with Crippen LogP contribution in [0.2, 0.25) is 0 Å². The first-order valence-electron chi connectivity index (χ1n) is 7.04. The van der Waals surface area contributed by atoms with E-state index in [0.717, 1.165) is 19.8 Å². The van der Waals surface area contributed by atoms with Crippen LogP contribution in [-0.2, 0) is 14.2 Å². The summed E-state index contributed by atoms with van der Waals surface area (Å²) in [5.74, 6) is 0.700. The van der Waals surface area contributed by atoms with Gasteiger partial charge in [0.25, 0.3) is 0 Å². The highest BCUT2D eigenvalue weighted by molar-refractivity contribution is 5.10. The van der Waals surface area contributed by atoms with Crippen LogP contribution in [0.1, 0.15) is 46.0 Å². The molecule has 1 saturated carbocycles. The van der Waals surface area contributed by atoms with E-state index in [2.05, 4.69) is 13.8 Å². The Morgan fingerprint density at radius 2 is 1.88 bits per heavy atom. The highest BCUT2D eigenvalue weighted by Crippen LogP contribution is 2.51. The van der Waals surface area contributed by atoms with Crippen LogP contribution in [0.3, 0.4) is 0 Å². The lowest BCUT2D eigenvalue weighted by molar-refractivity contribution is -0.0998. The van der Waals surface area contributed by atoms with E-state index in [4.69, 9.17) is 14.2 Å². The van der Waals surface area contributed by atoms with Gasteiger partial charge in [-0.2, -0.15) is 0 Å². The van der Waals surface area contributed by atoms with E-state index < -0.39 is 0 Å². The van der Waals surface area contributed by atoms with Crippen molar-refractivity contribution in [1.29, 1.82) is 0 Å². The molecule has 3 heteroatoms. The average molecular weight is 240 g/mol. The van der Waals surface area contributed by atoms with Crippen molar-refractivity contribution in [3.05, 3.63) is 0 Å². The summed E-state index contributed by atoms with van der Waals surface area (Å²) in [6.07, 6.45) is 7.08. The van der Waals surface area contributed by atoms with E-state index >= 15 is 0 Å². The quantitative estimate of drug-likeness (QED) is 0.693. The van der Waals surface area contributed by atoms with Gasteiger partial charge in [-0.25, -0.2) is 0 Å². The van der Waals surface area contributed by atoms with Gasteiger partial charge in [0.05, 0.1) is 25.4 Å². The highest BCUT2D eigenvalue weighted by atomic mass is 16.6. The van der Waals surface area contributed by atoms with Crippen LogP contribution in [0.15, 0.2) is 0 Å². The van der Waals surface area contributed by atoms with Gasteiger partial charge in [-0.05, 0) is 32.6 Å². The molecule has 2 saturated heterocycles. The number of ether oxygens (including phenoxy) is 3. The summed E-state index contributed by atoms with van der Waals surface area (Å²) in [6.45, 7) is 6.86. The molecule has 0 spiro atoms. The Kier molecular flexibility index (Phi) is 2.96. The van der Waals surface area contributed by atoms with Crippen molar-refractivity contribution >= 4 is 0 Å². The second kappa shape index (κ2) is 4.22. The summed E-state index contributed by atoms with van der Waals surface area (Å²) in [7, 11) is 0. The molecule has 3 nitrogen and oxygen atoms in total. The molecule has 98 valence electrons. The maximum atomic E-state index is 6.08. The summed E-state index contributed by atoms with van der Waals surface area (Å²) < 4.78 is 17.2. The van der Waals surface area contributed by atoms with E-state index in [1.165, 1.54) is 32.1 Å². The van der Waals surface area contributed by atoms with Crippen LogP contribution in [0, 0.1) is 5.92 Å². The molecule has 17 heavy (non-hydrogen) atoms. The number of rotatable bonds is 5. The van der Waals surface area contributed by atoms with E-state index in [-0.39, 0.29) is 11.2 Å². The van der Waals surface area contributed by atoms with E-state index in [1.54, 1.807) is 0 Å². The Morgan fingerprint density at radius 1 is 1.24 bits per heavy atom. The van der Waals surface area contributed by atoms with Gasteiger partial charge >= 0.3 is 0 Å². The highest BCUT2D eigenvalue weighted by Gasteiger charge is 2.62. The zero-order valence-corrected chi connectivity index (χ0v) is 11.0. The average Bonchev–Trinajstić information content (AvgIpc) is 3.20. The SMILES string of the molecule is CC(C)(OCC1CO1)C1(C2CCCCC2)CO1. The molecule has 2 atom stereocenters. The largest absolute Gasteiger partial charge is 0.371 e. The third kappa shape index (κ3) is 2.25. The first-order chi connectivity index (χ1) is 8.14. The van der Waals surface area contributed by atoms with Crippen LogP contribution in [0.5, 0.6) is 0 Å². The smallest absolute Gasteiger partial charge is 0.123 e. The zero-order chi connectivity index (χ0) is 11.9. The summed E-state index contributed by atoms with van der Waals surface area (Å²) in [5.41, 5.74) is -0.163. The van der Waals surface area contributed by atoms with Crippen LogP contribution < -0.4 is 0 Å². The summed E-state index contributed by atoms with van der Waals surface area (Å²) >= 11 is 0. The Bertz CT molecular complexity index is 273. The Hall–Kier alpha value is -0.120. The molecule has 2 unspecified atom stereocenters. The third-order valence-electron chi connectivity index (χ3n) is 4.77. The van der Waals surface area contributed by atoms with Crippen molar-refractivity contribution in [1.82, 2.24) is 0 Å². The number of hydrogen-bond donors (Lipinski definition) is 0. The normalized spacial score (nSPS) is 38.1. The molecular formula is C14H24O3. The van der Waals surface area contributed by atoms with Gasteiger partial charge in [0.1, 0.15) is 11.7 Å². The molecule has 3 aliphatic rings. The molecule has 3 fully saturated rings. The van der Waals surface area contributed by atoms with Crippen molar-refractivity contribution in [2.75, 3.05) is 19.8 Å². The predicted octanol–water partition coefficient (Wildman–Crippen LogP) is 2.53. The topological polar surface area (TPSA) is 34.3 Å². The minimum absolute atomic E-state index is 0.00229. The first kappa shape index (κ1) is 11.9. The second-order valence-electron chi connectivity index (χ2n) is 6.29. The number of hydrogen-bond acceptors (Lipinski definition) is 3. The van der Waals surface area contributed by atoms with Crippen molar-refractivity contribution < 1.29 is 14.2 Å². The van der Waals surface area contributed by atoms with Crippen molar-refractivity contribution in [3.8, 4) is 0 Å². The molecule has 0 bridgehead atoms. The fourth-order valence-corrected chi connectivity index (χ4v) is 3.31. The number of epoxide rings is 2. The summed E-state index contributed by atoms with van der Waals surface area (Å²) in [6, 6.07) is 0. The van der Waals surface area contributed by atoms with Crippen LogP contribution in [0.4, 0.5) is 0 Å². The molecule has 0 N–H and O–H groups in total. The minimum atomic E-state index is -0.166. The van der Waals surface area contributed by atoms with Gasteiger partial charge in [0.15, 0.2) is 0 Å². The monoisotopic (exact) mass is 240 g/mol. The molecule has 0 aromatic heterocycles. The van der Waals surface area contributed by atoms with Crippen molar-refractivity contribution in [2.45, 2.75) is 63.3 Å². The lowest BCUT2D eigenvalue weighted by Crippen LogP contribution is -2.48. The first-order valence-corrected chi connectivity index (χ1v) is 7.04. The molecule has 2 aliphatic heterocycles. The van der Waals surface area contributed by atoms with Gasteiger partial charge in [0, 0.05) is 0 Å². The van der Waals surface area contributed by atoms with Gasteiger partial charge in [-0.15, -0.1) is 0 Å². The van der Waals surface area contributed by atoms with Crippen LogP contribution in [0.25, 0.3) is 0 Å². The lowest BCUT2D eigenvalue weighted by atomic mass is 9.73. The second-order valence-corrected chi connectivity index (χ2v) is 6.29. The Labute approximate surface area is 104 Å². The molecule has 1 aliphatic carbocycles. The minimum Gasteiger partial charge on any atom is -0.371 e. The molecule has 0 aromatic rings. The van der Waals surface area contributed by atoms with Gasteiger partial charge in [-0.3, -0.25) is 0 Å². The molecule has 2 heterocycles.